The molecule has 0 spiro atoms. The van der Waals surface area contributed by atoms with Crippen molar-refractivity contribution >= 4 is 17.5 Å². The molecular formula is C19H23F3N4O2. The van der Waals surface area contributed by atoms with Crippen LogP contribution in [0.3, 0.4) is 0 Å². The normalized spacial score (nSPS) is 18.2. The molecule has 3 heterocycles. The lowest BCUT2D eigenvalue weighted by atomic mass is 9.93. The molecule has 9 heteroatoms. The first-order valence-corrected chi connectivity index (χ1v) is 9.10. The number of hydrogen-bond acceptors (Lipinski definition) is 5. The average molecular weight is 396 g/mol. The van der Waals surface area contributed by atoms with E-state index in [2.05, 4.69) is 15.5 Å². The highest BCUT2D eigenvalue weighted by atomic mass is 19.4. The first kappa shape index (κ1) is 20.2. The van der Waals surface area contributed by atoms with Crippen LogP contribution in [0.25, 0.3) is 0 Å². The fourth-order valence-electron chi connectivity index (χ4n) is 3.06. The third-order valence-electron chi connectivity index (χ3n) is 4.69. The molecule has 2 aromatic rings. The van der Waals surface area contributed by atoms with E-state index in [9.17, 15) is 18.0 Å². The number of halogens is 3. The molecule has 1 aliphatic rings. The highest BCUT2D eigenvalue weighted by Gasteiger charge is 2.32. The standard InChI is InChI=1S/C19H23F3N4O2/c1-18(2,3)14-9-15(25-28-14)24-17(27)12-5-4-8-26(11-12)16-7-6-13(10-23-16)19(20,21)22/h6-7,9-10,12H,4-5,8,11H2,1-3H3,(H,24,25,27). The van der Waals surface area contributed by atoms with Gasteiger partial charge in [0.1, 0.15) is 11.6 Å². The van der Waals surface area contributed by atoms with Gasteiger partial charge in [-0.25, -0.2) is 4.98 Å². The average Bonchev–Trinajstić information content (AvgIpc) is 3.10. The second-order valence-electron chi connectivity index (χ2n) is 8.00. The van der Waals surface area contributed by atoms with Crippen molar-refractivity contribution in [3.63, 3.8) is 0 Å². The van der Waals surface area contributed by atoms with Gasteiger partial charge in [-0.1, -0.05) is 25.9 Å². The molecule has 0 aromatic carbocycles. The van der Waals surface area contributed by atoms with Gasteiger partial charge in [0.25, 0.3) is 0 Å². The molecule has 1 atom stereocenters. The predicted octanol–water partition coefficient (Wildman–Crippen LogP) is 4.24. The number of rotatable bonds is 3. The zero-order chi connectivity index (χ0) is 20.5. The van der Waals surface area contributed by atoms with Crippen LogP contribution in [-0.4, -0.2) is 29.1 Å². The summed E-state index contributed by atoms with van der Waals surface area (Å²) in [6.45, 7) is 6.97. The third-order valence-corrected chi connectivity index (χ3v) is 4.69. The molecule has 0 radical (unpaired) electrons. The number of pyridine rings is 1. The number of aromatic nitrogens is 2. The number of anilines is 2. The summed E-state index contributed by atoms with van der Waals surface area (Å²) in [5.74, 6) is 0.960. The van der Waals surface area contributed by atoms with Crippen LogP contribution >= 0.6 is 0 Å². The van der Waals surface area contributed by atoms with Crippen LogP contribution in [-0.2, 0) is 16.4 Å². The lowest BCUT2D eigenvalue weighted by molar-refractivity contribution is -0.137. The van der Waals surface area contributed by atoms with Gasteiger partial charge in [-0.15, -0.1) is 0 Å². The highest BCUT2D eigenvalue weighted by molar-refractivity contribution is 5.92. The maximum absolute atomic E-state index is 12.7. The fraction of sp³-hybridized carbons (Fsp3) is 0.526. The van der Waals surface area contributed by atoms with Crippen molar-refractivity contribution in [3.8, 4) is 0 Å². The van der Waals surface area contributed by atoms with Crippen LogP contribution in [0, 0.1) is 5.92 Å². The summed E-state index contributed by atoms with van der Waals surface area (Å²) < 4.78 is 43.3. The Labute approximate surface area is 161 Å². The molecule has 28 heavy (non-hydrogen) atoms. The van der Waals surface area contributed by atoms with E-state index in [0.29, 0.717) is 36.9 Å². The predicted molar refractivity (Wildman–Crippen MR) is 98.0 cm³/mol. The van der Waals surface area contributed by atoms with Crippen molar-refractivity contribution in [1.29, 1.82) is 0 Å². The van der Waals surface area contributed by atoms with Gasteiger partial charge in [0, 0.05) is 30.8 Å². The zero-order valence-electron chi connectivity index (χ0n) is 16.0. The second-order valence-corrected chi connectivity index (χ2v) is 8.00. The maximum atomic E-state index is 12.7. The van der Waals surface area contributed by atoms with E-state index in [4.69, 9.17) is 4.52 Å². The number of hydrogen-bond donors (Lipinski definition) is 1. The minimum atomic E-state index is -4.42. The molecule has 1 N–H and O–H groups in total. The largest absolute Gasteiger partial charge is 0.417 e. The Bertz CT molecular complexity index is 825. The Morgan fingerprint density at radius 3 is 2.61 bits per heavy atom. The van der Waals surface area contributed by atoms with E-state index in [0.717, 1.165) is 18.7 Å². The monoisotopic (exact) mass is 396 g/mol. The van der Waals surface area contributed by atoms with Crippen molar-refractivity contribution in [2.45, 2.75) is 45.2 Å². The fourth-order valence-corrected chi connectivity index (χ4v) is 3.06. The van der Waals surface area contributed by atoms with Gasteiger partial charge < -0.3 is 14.7 Å². The van der Waals surface area contributed by atoms with Gasteiger partial charge >= 0.3 is 6.18 Å². The van der Waals surface area contributed by atoms with Gasteiger partial charge in [0.2, 0.25) is 5.91 Å². The summed E-state index contributed by atoms with van der Waals surface area (Å²) in [6.07, 6.45) is -2.17. The molecule has 6 nitrogen and oxygen atoms in total. The van der Waals surface area contributed by atoms with E-state index in [1.807, 2.05) is 25.7 Å². The molecule has 1 aliphatic heterocycles. The van der Waals surface area contributed by atoms with Crippen LogP contribution in [0.1, 0.15) is 44.9 Å². The number of piperidine rings is 1. The molecule has 3 rings (SSSR count). The van der Waals surface area contributed by atoms with Gasteiger partial charge in [-0.05, 0) is 25.0 Å². The molecule has 0 saturated carbocycles. The van der Waals surface area contributed by atoms with Crippen molar-refractivity contribution < 1.29 is 22.5 Å². The lowest BCUT2D eigenvalue weighted by Gasteiger charge is -2.32. The first-order chi connectivity index (χ1) is 13.0. The van der Waals surface area contributed by atoms with Crippen molar-refractivity contribution in [1.82, 2.24) is 10.1 Å². The first-order valence-electron chi connectivity index (χ1n) is 9.10. The summed E-state index contributed by atoms with van der Waals surface area (Å²) in [5.41, 5.74) is -1.01. The summed E-state index contributed by atoms with van der Waals surface area (Å²) in [4.78, 5) is 18.4. The lowest BCUT2D eigenvalue weighted by Crippen LogP contribution is -2.41. The van der Waals surface area contributed by atoms with Gasteiger partial charge in [-0.3, -0.25) is 4.79 Å². The molecule has 152 valence electrons. The second kappa shape index (κ2) is 7.44. The Morgan fingerprint density at radius 2 is 2.04 bits per heavy atom. The quantitative estimate of drug-likeness (QED) is 0.840. The van der Waals surface area contributed by atoms with E-state index in [1.54, 1.807) is 6.07 Å². The van der Waals surface area contributed by atoms with E-state index in [1.165, 1.54) is 6.07 Å². The van der Waals surface area contributed by atoms with Crippen LogP contribution in [0.2, 0.25) is 0 Å². The third kappa shape index (κ3) is 4.63. The van der Waals surface area contributed by atoms with Crippen molar-refractivity contribution in [2.75, 3.05) is 23.3 Å². The number of alkyl halides is 3. The number of nitrogens with one attached hydrogen (secondary N) is 1. The number of nitrogens with zero attached hydrogens (tertiary/aromatic N) is 3. The Morgan fingerprint density at radius 1 is 1.29 bits per heavy atom. The van der Waals surface area contributed by atoms with Crippen LogP contribution < -0.4 is 10.2 Å². The summed E-state index contributed by atoms with van der Waals surface area (Å²) in [7, 11) is 0. The smallest absolute Gasteiger partial charge is 0.359 e. The number of carbonyl (C=O) groups is 1. The number of amides is 1. The Kier molecular flexibility index (Phi) is 5.36. The summed E-state index contributed by atoms with van der Waals surface area (Å²) in [5, 5.41) is 6.65. The van der Waals surface area contributed by atoms with Crippen LogP contribution in [0.5, 0.6) is 0 Å². The molecule has 1 fully saturated rings. The number of carbonyl (C=O) groups excluding carboxylic acids is 1. The minimum absolute atomic E-state index is 0.189. The summed E-state index contributed by atoms with van der Waals surface area (Å²) in [6, 6.07) is 4.06. The van der Waals surface area contributed by atoms with Gasteiger partial charge in [-0.2, -0.15) is 13.2 Å². The maximum Gasteiger partial charge on any atom is 0.417 e. The molecule has 0 bridgehead atoms. The van der Waals surface area contributed by atoms with Crippen LogP contribution in [0.4, 0.5) is 24.8 Å². The SMILES string of the molecule is CC(C)(C)c1cc(NC(=O)C2CCCN(c3ccc(C(F)(F)F)cn3)C2)no1. The van der Waals surface area contributed by atoms with Crippen molar-refractivity contribution in [3.05, 3.63) is 35.7 Å². The van der Waals surface area contributed by atoms with E-state index < -0.39 is 11.7 Å². The Balaban J connectivity index is 1.64. The molecular weight excluding hydrogens is 373 g/mol. The zero-order valence-corrected chi connectivity index (χ0v) is 16.0. The molecule has 0 aliphatic carbocycles. The molecule has 2 aromatic heterocycles. The van der Waals surface area contributed by atoms with Gasteiger partial charge in [0.05, 0.1) is 11.5 Å². The Hall–Kier alpha value is -2.58. The van der Waals surface area contributed by atoms with Gasteiger partial charge in [0.15, 0.2) is 5.82 Å². The topological polar surface area (TPSA) is 71.3 Å². The molecule has 1 saturated heterocycles. The molecule has 1 amide bonds. The van der Waals surface area contributed by atoms with Crippen LogP contribution in [0.15, 0.2) is 28.9 Å². The molecule has 1 unspecified atom stereocenters. The summed E-state index contributed by atoms with van der Waals surface area (Å²) >= 11 is 0. The highest BCUT2D eigenvalue weighted by Crippen LogP contribution is 2.30. The van der Waals surface area contributed by atoms with Crippen molar-refractivity contribution in [2.24, 2.45) is 5.92 Å². The minimum Gasteiger partial charge on any atom is -0.359 e. The van der Waals surface area contributed by atoms with E-state index >= 15 is 0 Å². The van der Waals surface area contributed by atoms with E-state index in [-0.39, 0.29) is 17.2 Å².